The summed E-state index contributed by atoms with van der Waals surface area (Å²) in [7, 11) is 0. The number of carboxylic acid groups (broad SMARTS) is 1. The van der Waals surface area contributed by atoms with E-state index in [0.29, 0.717) is 24.2 Å². The number of aliphatic carboxylic acids is 1. The maximum atomic E-state index is 12.3. The quantitative estimate of drug-likeness (QED) is 0.701. The Morgan fingerprint density at radius 1 is 1.04 bits per heavy atom. The lowest BCUT2D eigenvalue weighted by Gasteiger charge is -2.26. The van der Waals surface area contributed by atoms with Crippen LogP contribution in [0.5, 0.6) is 0 Å². The Balaban J connectivity index is 2.10. The summed E-state index contributed by atoms with van der Waals surface area (Å²) in [5, 5.41) is 12.1. The third-order valence-electron chi connectivity index (χ3n) is 4.80. The topological polar surface area (TPSA) is 96.6 Å². The summed E-state index contributed by atoms with van der Waals surface area (Å²) in [4.78, 5) is 35.1. The fourth-order valence-electron chi connectivity index (χ4n) is 2.70. The predicted molar refractivity (Wildman–Crippen MR) is 97.1 cm³/mol. The van der Waals surface area contributed by atoms with Crippen molar-refractivity contribution in [3.05, 3.63) is 47.7 Å². The van der Waals surface area contributed by atoms with Crippen LogP contribution in [-0.2, 0) is 4.79 Å². The smallest absolute Gasteiger partial charge is 0.311 e. The van der Waals surface area contributed by atoms with Crippen LogP contribution in [0.15, 0.2) is 40.8 Å². The summed E-state index contributed by atoms with van der Waals surface area (Å²) < 4.78 is 5.58. The first-order valence-electron chi connectivity index (χ1n) is 8.55. The SMILES string of the molecule is CCC(CC)(CNC(=O)c1ccc(-c2ccc(C(C)=O)cc2)o1)C(=O)O. The number of furan rings is 1. The summed E-state index contributed by atoms with van der Waals surface area (Å²) in [6, 6.07) is 10.1. The first kappa shape index (κ1) is 19.4. The monoisotopic (exact) mass is 357 g/mol. The van der Waals surface area contributed by atoms with Crippen molar-refractivity contribution >= 4 is 17.7 Å². The predicted octanol–water partition coefficient (Wildman–Crippen LogP) is 3.77. The molecule has 1 amide bonds. The fraction of sp³-hybridized carbons (Fsp3) is 0.350. The van der Waals surface area contributed by atoms with E-state index in [1.165, 1.54) is 6.92 Å². The summed E-state index contributed by atoms with van der Waals surface area (Å²) in [6.45, 7) is 5.12. The van der Waals surface area contributed by atoms with E-state index in [4.69, 9.17) is 4.42 Å². The molecule has 2 N–H and O–H groups in total. The van der Waals surface area contributed by atoms with Crippen LogP contribution in [0.25, 0.3) is 11.3 Å². The Hall–Kier alpha value is -2.89. The van der Waals surface area contributed by atoms with Crippen LogP contribution in [0, 0.1) is 5.41 Å². The first-order chi connectivity index (χ1) is 12.3. The second kappa shape index (κ2) is 7.99. The molecule has 0 saturated carbocycles. The molecule has 26 heavy (non-hydrogen) atoms. The van der Waals surface area contributed by atoms with Crippen LogP contribution in [0.2, 0.25) is 0 Å². The minimum Gasteiger partial charge on any atom is -0.481 e. The number of carbonyl (C=O) groups excluding carboxylic acids is 2. The molecular formula is C20H23NO5. The van der Waals surface area contributed by atoms with Gasteiger partial charge in [-0.05, 0) is 31.9 Å². The Bertz CT molecular complexity index is 800. The summed E-state index contributed by atoms with van der Waals surface area (Å²) in [5.41, 5.74) is 0.367. The van der Waals surface area contributed by atoms with Gasteiger partial charge in [0.2, 0.25) is 0 Å². The first-order valence-corrected chi connectivity index (χ1v) is 8.55. The van der Waals surface area contributed by atoms with E-state index in [0.717, 1.165) is 5.56 Å². The number of benzene rings is 1. The Morgan fingerprint density at radius 2 is 1.65 bits per heavy atom. The summed E-state index contributed by atoms with van der Waals surface area (Å²) >= 11 is 0. The highest BCUT2D eigenvalue weighted by molar-refractivity contribution is 5.94. The van der Waals surface area contributed by atoms with E-state index in [1.807, 2.05) is 0 Å². The molecule has 2 aromatic rings. The van der Waals surface area contributed by atoms with Crippen molar-refractivity contribution in [2.24, 2.45) is 5.41 Å². The number of carboxylic acids is 1. The van der Waals surface area contributed by atoms with Gasteiger partial charge in [0.05, 0.1) is 5.41 Å². The van der Waals surface area contributed by atoms with Crippen molar-refractivity contribution in [3.63, 3.8) is 0 Å². The number of nitrogens with one attached hydrogen (secondary N) is 1. The molecule has 1 aromatic carbocycles. The van der Waals surface area contributed by atoms with E-state index < -0.39 is 17.3 Å². The zero-order valence-corrected chi connectivity index (χ0v) is 15.2. The Morgan fingerprint density at radius 3 is 2.15 bits per heavy atom. The van der Waals surface area contributed by atoms with Crippen molar-refractivity contribution in [2.45, 2.75) is 33.6 Å². The molecule has 1 heterocycles. The normalized spacial score (nSPS) is 11.2. The van der Waals surface area contributed by atoms with Crippen LogP contribution in [-0.4, -0.2) is 29.3 Å². The number of rotatable bonds is 8. The molecule has 138 valence electrons. The Kier molecular flexibility index (Phi) is 5.97. The number of hydrogen-bond donors (Lipinski definition) is 2. The molecule has 6 heteroatoms. The summed E-state index contributed by atoms with van der Waals surface area (Å²) in [6.07, 6.45) is 0.843. The van der Waals surface area contributed by atoms with Crippen LogP contribution in [0.4, 0.5) is 0 Å². The lowest BCUT2D eigenvalue weighted by molar-refractivity contribution is -0.149. The molecular weight excluding hydrogens is 334 g/mol. The Labute approximate surface area is 152 Å². The second-order valence-corrected chi connectivity index (χ2v) is 6.27. The van der Waals surface area contributed by atoms with Crippen LogP contribution < -0.4 is 5.32 Å². The largest absolute Gasteiger partial charge is 0.481 e. The van der Waals surface area contributed by atoms with Crippen molar-refractivity contribution in [1.29, 1.82) is 0 Å². The lowest BCUT2D eigenvalue weighted by atomic mass is 9.82. The minimum absolute atomic E-state index is 0.0233. The molecule has 0 unspecified atom stereocenters. The van der Waals surface area contributed by atoms with Gasteiger partial charge >= 0.3 is 5.97 Å². The zero-order chi connectivity index (χ0) is 19.3. The molecule has 0 saturated heterocycles. The second-order valence-electron chi connectivity index (χ2n) is 6.27. The molecule has 1 aromatic heterocycles. The molecule has 2 rings (SSSR count). The van der Waals surface area contributed by atoms with Crippen molar-refractivity contribution in [3.8, 4) is 11.3 Å². The number of amides is 1. The third-order valence-corrected chi connectivity index (χ3v) is 4.80. The average molecular weight is 357 g/mol. The van der Waals surface area contributed by atoms with Crippen molar-refractivity contribution in [2.75, 3.05) is 6.54 Å². The summed E-state index contributed by atoms with van der Waals surface area (Å²) in [5.74, 6) is -0.787. The van der Waals surface area contributed by atoms with E-state index in [9.17, 15) is 19.5 Å². The highest BCUT2D eigenvalue weighted by Crippen LogP contribution is 2.26. The van der Waals surface area contributed by atoms with Gasteiger partial charge in [0.25, 0.3) is 5.91 Å². The van der Waals surface area contributed by atoms with E-state index in [1.54, 1.807) is 50.2 Å². The molecule has 0 fully saturated rings. The van der Waals surface area contributed by atoms with Gasteiger partial charge < -0.3 is 14.8 Å². The number of hydrogen-bond acceptors (Lipinski definition) is 4. The highest BCUT2D eigenvalue weighted by Gasteiger charge is 2.35. The fourth-order valence-corrected chi connectivity index (χ4v) is 2.70. The number of ketones is 1. The van der Waals surface area contributed by atoms with E-state index >= 15 is 0 Å². The van der Waals surface area contributed by atoms with Crippen molar-refractivity contribution < 1.29 is 23.9 Å². The van der Waals surface area contributed by atoms with E-state index in [-0.39, 0.29) is 18.1 Å². The van der Waals surface area contributed by atoms with Gasteiger partial charge in [-0.3, -0.25) is 14.4 Å². The van der Waals surface area contributed by atoms with E-state index in [2.05, 4.69) is 5.32 Å². The molecule has 0 bridgehead atoms. The third kappa shape index (κ3) is 4.02. The average Bonchev–Trinajstić information content (AvgIpc) is 3.13. The minimum atomic E-state index is -0.979. The van der Waals surface area contributed by atoms with Gasteiger partial charge in [0, 0.05) is 17.7 Å². The molecule has 0 atom stereocenters. The van der Waals surface area contributed by atoms with Gasteiger partial charge in [0.15, 0.2) is 11.5 Å². The van der Waals surface area contributed by atoms with Gasteiger partial charge in [-0.15, -0.1) is 0 Å². The maximum Gasteiger partial charge on any atom is 0.311 e. The maximum absolute atomic E-state index is 12.3. The molecule has 0 aliphatic heterocycles. The van der Waals surface area contributed by atoms with Gasteiger partial charge in [-0.2, -0.15) is 0 Å². The number of Topliss-reactive ketones (excluding diaryl/α,β-unsaturated/α-hetero) is 1. The zero-order valence-electron chi connectivity index (χ0n) is 15.2. The van der Waals surface area contributed by atoms with Crippen LogP contribution >= 0.6 is 0 Å². The molecule has 6 nitrogen and oxygen atoms in total. The van der Waals surface area contributed by atoms with Gasteiger partial charge in [-0.25, -0.2) is 0 Å². The lowest BCUT2D eigenvalue weighted by Crippen LogP contribution is -2.42. The molecule has 0 aliphatic rings. The standard InChI is InChI=1S/C20H23NO5/c1-4-20(5-2,19(24)25)12-21-18(23)17-11-10-16(26-17)15-8-6-14(7-9-15)13(3)22/h6-11H,4-5,12H2,1-3H3,(H,21,23)(H,24,25). The molecule has 0 aliphatic carbocycles. The van der Waals surface area contributed by atoms with Crippen LogP contribution in [0.3, 0.4) is 0 Å². The van der Waals surface area contributed by atoms with Crippen LogP contribution in [0.1, 0.15) is 54.5 Å². The van der Waals surface area contributed by atoms with Crippen molar-refractivity contribution in [1.82, 2.24) is 5.32 Å². The highest BCUT2D eigenvalue weighted by atomic mass is 16.4. The van der Waals surface area contributed by atoms with Gasteiger partial charge in [-0.1, -0.05) is 38.1 Å². The molecule has 0 spiro atoms. The number of carbonyl (C=O) groups is 3. The molecule has 0 radical (unpaired) electrons. The van der Waals surface area contributed by atoms with Gasteiger partial charge in [0.1, 0.15) is 5.76 Å².